The van der Waals surface area contributed by atoms with Gasteiger partial charge < -0.3 is 5.32 Å². The third-order valence-electron chi connectivity index (χ3n) is 3.87. The summed E-state index contributed by atoms with van der Waals surface area (Å²) in [5, 5.41) is 14.8. The number of benzene rings is 2. The summed E-state index contributed by atoms with van der Waals surface area (Å²) in [6.07, 6.45) is 1.53. The van der Waals surface area contributed by atoms with Crippen molar-refractivity contribution >= 4 is 23.3 Å². The number of amides is 1. The first-order valence-electron chi connectivity index (χ1n) is 8.16. The Morgan fingerprint density at radius 1 is 1.15 bits per heavy atom. The molecule has 0 spiro atoms. The molecule has 0 saturated carbocycles. The zero-order chi connectivity index (χ0) is 18.4. The molecule has 3 rings (SSSR count). The van der Waals surface area contributed by atoms with Gasteiger partial charge in [-0.1, -0.05) is 60.7 Å². The van der Waals surface area contributed by atoms with E-state index in [1.54, 1.807) is 0 Å². The summed E-state index contributed by atoms with van der Waals surface area (Å²) in [5.74, 6) is -0.402. The van der Waals surface area contributed by atoms with Crippen LogP contribution in [-0.2, 0) is 4.79 Å². The van der Waals surface area contributed by atoms with Crippen molar-refractivity contribution in [2.75, 3.05) is 0 Å². The summed E-state index contributed by atoms with van der Waals surface area (Å²) in [6, 6.07) is 21.2. The summed E-state index contributed by atoms with van der Waals surface area (Å²) in [6.45, 7) is 1.89. The van der Waals surface area contributed by atoms with Crippen LogP contribution in [0.15, 0.2) is 71.6 Å². The van der Waals surface area contributed by atoms with Gasteiger partial charge in [-0.2, -0.15) is 5.26 Å². The van der Waals surface area contributed by atoms with E-state index in [1.807, 2.05) is 79.0 Å². The lowest BCUT2D eigenvalue weighted by atomic mass is 10.1. The van der Waals surface area contributed by atoms with E-state index in [4.69, 9.17) is 0 Å². The molecule has 3 aromatic rings. The Kier molecular flexibility index (Phi) is 5.57. The van der Waals surface area contributed by atoms with Crippen LogP contribution in [0.25, 0.3) is 17.3 Å². The van der Waals surface area contributed by atoms with Crippen LogP contribution < -0.4 is 5.32 Å². The summed E-state index contributed by atoms with van der Waals surface area (Å²) in [5.41, 5.74) is 2.86. The first-order chi connectivity index (χ1) is 12.7. The maximum absolute atomic E-state index is 12.4. The van der Waals surface area contributed by atoms with Crippen LogP contribution in [0, 0.1) is 11.3 Å². The molecule has 0 radical (unpaired) electrons. The van der Waals surface area contributed by atoms with E-state index >= 15 is 0 Å². The van der Waals surface area contributed by atoms with Gasteiger partial charge in [-0.3, -0.25) is 4.79 Å². The Morgan fingerprint density at radius 2 is 1.81 bits per heavy atom. The maximum Gasteiger partial charge on any atom is 0.262 e. The molecule has 2 aromatic carbocycles. The molecule has 0 aliphatic carbocycles. The summed E-state index contributed by atoms with van der Waals surface area (Å²) in [4.78, 5) is 16.9. The fraction of sp³-hybridized carbons (Fsp3) is 0.0952. The van der Waals surface area contributed by atoms with Gasteiger partial charge in [0.1, 0.15) is 16.6 Å². The smallest absolute Gasteiger partial charge is 0.262 e. The largest absolute Gasteiger partial charge is 0.345 e. The highest BCUT2D eigenvalue weighted by atomic mass is 32.1. The monoisotopic (exact) mass is 359 g/mol. The predicted octanol–water partition coefficient (Wildman–Crippen LogP) is 4.59. The standard InChI is InChI=1S/C21H17N3OS/c1-15(16-8-4-2-5-9-16)23-21(25)18(13-22)12-20-24-19(14-26-20)17-10-6-3-7-11-17/h2-12,14-15H,1H3,(H,23,25)/b18-12-/t15-/m0/s1. The number of rotatable bonds is 5. The number of carbonyl (C=O) groups excluding carboxylic acids is 1. The number of hydrogen-bond acceptors (Lipinski definition) is 4. The number of nitrogens with one attached hydrogen (secondary N) is 1. The minimum atomic E-state index is -0.402. The second-order valence-corrected chi connectivity index (χ2v) is 6.60. The molecule has 0 bridgehead atoms. The fourth-order valence-corrected chi connectivity index (χ4v) is 3.23. The highest BCUT2D eigenvalue weighted by Crippen LogP contribution is 2.23. The molecular formula is C21H17N3OS. The zero-order valence-electron chi connectivity index (χ0n) is 14.2. The quantitative estimate of drug-likeness (QED) is 0.535. The molecule has 1 aromatic heterocycles. The molecule has 0 unspecified atom stereocenters. The average molecular weight is 359 g/mol. The van der Waals surface area contributed by atoms with Crippen molar-refractivity contribution in [1.29, 1.82) is 5.26 Å². The summed E-state index contributed by atoms with van der Waals surface area (Å²) in [7, 11) is 0. The van der Waals surface area contributed by atoms with Crippen molar-refractivity contribution in [3.8, 4) is 17.3 Å². The molecule has 0 saturated heterocycles. The van der Waals surface area contributed by atoms with E-state index in [9.17, 15) is 10.1 Å². The van der Waals surface area contributed by atoms with E-state index in [-0.39, 0.29) is 11.6 Å². The number of thiazole rings is 1. The summed E-state index contributed by atoms with van der Waals surface area (Å²) < 4.78 is 0. The van der Waals surface area contributed by atoms with Gasteiger partial charge in [-0.25, -0.2) is 4.98 Å². The van der Waals surface area contributed by atoms with Crippen LogP contribution >= 0.6 is 11.3 Å². The minimum absolute atomic E-state index is 0.0433. The highest BCUT2D eigenvalue weighted by molar-refractivity contribution is 7.10. The number of carbonyl (C=O) groups is 1. The predicted molar refractivity (Wildman–Crippen MR) is 104 cm³/mol. The van der Waals surface area contributed by atoms with E-state index in [2.05, 4.69) is 10.3 Å². The molecule has 1 amide bonds. The van der Waals surface area contributed by atoms with Crippen molar-refractivity contribution < 1.29 is 4.79 Å². The van der Waals surface area contributed by atoms with Gasteiger partial charge >= 0.3 is 0 Å². The lowest BCUT2D eigenvalue weighted by molar-refractivity contribution is -0.117. The second-order valence-electron chi connectivity index (χ2n) is 5.71. The van der Waals surface area contributed by atoms with Gasteiger partial charge in [0.15, 0.2) is 0 Å². The van der Waals surface area contributed by atoms with Crippen LogP contribution in [0.3, 0.4) is 0 Å². The van der Waals surface area contributed by atoms with Gasteiger partial charge in [0.05, 0.1) is 11.7 Å². The Bertz CT molecular complexity index is 956. The fourth-order valence-electron chi connectivity index (χ4n) is 2.47. The third kappa shape index (κ3) is 4.24. The van der Waals surface area contributed by atoms with Crippen molar-refractivity contribution in [3.05, 3.63) is 82.2 Å². The van der Waals surface area contributed by atoms with Crippen molar-refractivity contribution in [3.63, 3.8) is 0 Å². The summed E-state index contributed by atoms with van der Waals surface area (Å²) >= 11 is 1.40. The number of hydrogen-bond donors (Lipinski definition) is 1. The molecule has 1 atom stereocenters. The lowest BCUT2D eigenvalue weighted by Crippen LogP contribution is -2.27. The number of nitrogens with zero attached hydrogens (tertiary/aromatic N) is 2. The Hall–Kier alpha value is -3.23. The highest BCUT2D eigenvalue weighted by Gasteiger charge is 2.14. The van der Waals surface area contributed by atoms with E-state index in [0.717, 1.165) is 16.8 Å². The molecule has 4 nitrogen and oxygen atoms in total. The van der Waals surface area contributed by atoms with Gasteiger partial charge in [0, 0.05) is 10.9 Å². The zero-order valence-corrected chi connectivity index (χ0v) is 15.0. The second kappa shape index (κ2) is 8.24. The molecular weight excluding hydrogens is 342 g/mol. The molecule has 26 heavy (non-hydrogen) atoms. The van der Waals surface area contributed by atoms with E-state index in [0.29, 0.717) is 5.01 Å². The van der Waals surface area contributed by atoms with Crippen LogP contribution in [0.5, 0.6) is 0 Å². The van der Waals surface area contributed by atoms with Crippen LogP contribution in [0.4, 0.5) is 0 Å². The van der Waals surface area contributed by atoms with Crippen molar-refractivity contribution in [2.24, 2.45) is 0 Å². The van der Waals surface area contributed by atoms with Gasteiger partial charge in [-0.05, 0) is 18.6 Å². The number of nitriles is 1. The Labute approximate surface area is 156 Å². The molecule has 0 aliphatic heterocycles. The van der Waals surface area contributed by atoms with Gasteiger partial charge in [0.2, 0.25) is 0 Å². The van der Waals surface area contributed by atoms with Crippen LogP contribution in [0.1, 0.15) is 23.5 Å². The lowest BCUT2D eigenvalue weighted by Gasteiger charge is -2.13. The minimum Gasteiger partial charge on any atom is -0.345 e. The van der Waals surface area contributed by atoms with Gasteiger partial charge in [-0.15, -0.1) is 11.3 Å². The van der Waals surface area contributed by atoms with E-state index < -0.39 is 5.91 Å². The third-order valence-corrected chi connectivity index (χ3v) is 4.66. The molecule has 1 heterocycles. The molecule has 5 heteroatoms. The van der Waals surface area contributed by atoms with Gasteiger partial charge in [0.25, 0.3) is 5.91 Å². The van der Waals surface area contributed by atoms with E-state index in [1.165, 1.54) is 17.4 Å². The maximum atomic E-state index is 12.4. The average Bonchev–Trinajstić information content (AvgIpc) is 3.16. The van der Waals surface area contributed by atoms with Crippen LogP contribution in [-0.4, -0.2) is 10.9 Å². The Balaban J connectivity index is 1.75. The molecule has 128 valence electrons. The first kappa shape index (κ1) is 17.6. The number of aromatic nitrogens is 1. The normalized spacial score (nSPS) is 12.2. The molecule has 1 N–H and O–H groups in total. The van der Waals surface area contributed by atoms with Crippen molar-refractivity contribution in [2.45, 2.75) is 13.0 Å². The molecule has 0 fully saturated rings. The topological polar surface area (TPSA) is 65.8 Å². The SMILES string of the molecule is C[C@H](NC(=O)/C(C#N)=C\c1nc(-c2ccccc2)cs1)c1ccccc1. The van der Waals surface area contributed by atoms with Crippen LogP contribution in [0.2, 0.25) is 0 Å². The first-order valence-corrected chi connectivity index (χ1v) is 9.04. The van der Waals surface area contributed by atoms with Crippen molar-refractivity contribution in [1.82, 2.24) is 10.3 Å². The Morgan fingerprint density at radius 3 is 2.46 bits per heavy atom. The molecule has 0 aliphatic rings.